The lowest BCUT2D eigenvalue weighted by Gasteiger charge is -2.38. The zero-order chi connectivity index (χ0) is 21.7. The Hall–Kier alpha value is -3.26. The zero-order valence-electron chi connectivity index (χ0n) is 16.9. The molecule has 0 aliphatic heterocycles. The van der Waals surface area contributed by atoms with Gasteiger partial charge in [-0.3, -0.25) is 19.7 Å². The number of carbonyl (C=O) groups excluding carboxylic acids is 2. The predicted molar refractivity (Wildman–Crippen MR) is 114 cm³/mol. The Labute approximate surface area is 175 Å². The smallest absolute Gasteiger partial charge is 0.269 e. The van der Waals surface area contributed by atoms with Gasteiger partial charge in [0.15, 0.2) is 0 Å². The maximum atomic E-state index is 12.5. The number of hydrogen-bond donors (Lipinski definition) is 2. The molecule has 2 atom stereocenters. The number of nitrogens with two attached hydrogens (primary N) is 1. The number of nitrogens with zero attached hydrogens (tertiary/aromatic N) is 2. The SMILES string of the molecule is CC(=O)N(Cc1cccc(NC(=O)c2ccc([N+](=O)[O-])cc2)c1)C1CCCCC1N. The van der Waals surface area contributed by atoms with Gasteiger partial charge in [-0.15, -0.1) is 0 Å². The average Bonchev–Trinajstić information content (AvgIpc) is 2.73. The number of amides is 2. The molecule has 8 heteroatoms. The molecule has 0 aromatic heterocycles. The van der Waals surface area contributed by atoms with E-state index in [1.54, 1.807) is 13.0 Å². The zero-order valence-corrected chi connectivity index (χ0v) is 16.9. The molecule has 3 N–H and O–H groups in total. The van der Waals surface area contributed by atoms with Crippen molar-refractivity contribution >= 4 is 23.2 Å². The van der Waals surface area contributed by atoms with Gasteiger partial charge in [0.2, 0.25) is 5.91 Å². The third-order valence-corrected chi connectivity index (χ3v) is 5.46. The van der Waals surface area contributed by atoms with Gasteiger partial charge in [-0.25, -0.2) is 0 Å². The van der Waals surface area contributed by atoms with Crippen molar-refractivity contribution in [3.63, 3.8) is 0 Å². The molecule has 158 valence electrons. The van der Waals surface area contributed by atoms with Gasteiger partial charge in [-0.2, -0.15) is 0 Å². The van der Waals surface area contributed by atoms with E-state index in [0.717, 1.165) is 31.2 Å². The molecule has 0 spiro atoms. The summed E-state index contributed by atoms with van der Waals surface area (Å²) < 4.78 is 0. The number of nitrogens with one attached hydrogen (secondary N) is 1. The van der Waals surface area contributed by atoms with E-state index in [1.165, 1.54) is 24.3 Å². The first-order chi connectivity index (χ1) is 14.3. The molecular weight excluding hydrogens is 384 g/mol. The van der Waals surface area contributed by atoms with Crippen molar-refractivity contribution in [1.82, 2.24) is 4.90 Å². The summed E-state index contributed by atoms with van der Waals surface area (Å²) in [5.41, 5.74) is 8.00. The first kappa shape index (κ1) is 21.4. The van der Waals surface area contributed by atoms with Crippen LogP contribution in [0.15, 0.2) is 48.5 Å². The fraction of sp³-hybridized carbons (Fsp3) is 0.364. The standard InChI is InChI=1S/C22H26N4O4/c1-15(27)25(21-8-3-2-7-20(21)23)14-16-5-4-6-18(13-16)24-22(28)17-9-11-19(12-10-17)26(29)30/h4-6,9-13,20-21H,2-3,7-8,14,23H2,1H3,(H,24,28). The summed E-state index contributed by atoms with van der Waals surface area (Å²) in [5.74, 6) is -0.377. The maximum Gasteiger partial charge on any atom is 0.269 e. The van der Waals surface area contributed by atoms with Crippen molar-refractivity contribution in [2.24, 2.45) is 5.73 Å². The number of hydrogen-bond acceptors (Lipinski definition) is 5. The fourth-order valence-electron chi connectivity index (χ4n) is 3.87. The second-order valence-electron chi connectivity index (χ2n) is 7.62. The van der Waals surface area contributed by atoms with Crippen LogP contribution in [0.3, 0.4) is 0 Å². The van der Waals surface area contributed by atoms with Crippen LogP contribution in [0.2, 0.25) is 0 Å². The second-order valence-corrected chi connectivity index (χ2v) is 7.62. The number of carbonyl (C=O) groups is 2. The van der Waals surface area contributed by atoms with Crippen molar-refractivity contribution in [2.75, 3.05) is 5.32 Å². The molecule has 1 aliphatic carbocycles. The van der Waals surface area contributed by atoms with Crippen LogP contribution in [0.1, 0.15) is 48.5 Å². The van der Waals surface area contributed by atoms with Crippen LogP contribution in [0, 0.1) is 10.1 Å². The van der Waals surface area contributed by atoms with Crippen LogP contribution < -0.4 is 11.1 Å². The van der Waals surface area contributed by atoms with E-state index in [9.17, 15) is 19.7 Å². The Balaban J connectivity index is 1.71. The minimum absolute atomic E-state index is 0.0160. The fourth-order valence-corrected chi connectivity index (χ4v) is 3.87. The predicted octanol–water partition coefficient (Wildman–Crippen LogP) is 3.47. The molecule has 0 radical (unpaired) electrons. The Kier molecular flexibility index (Phi) is 6.79. The molecule has 2 aromatic rings. The topological polar surface area (TPSA) is 119 Å². The number of nitro benzene ring substituents is 1. The van der Waals surface area contributed by atoms with Gasteiger partial charge in [-0.1, -0.05) is 25.0 Å². The van der Waals surface area contributed by atoms with Gasteiger partial charge in [0, 0.05) is 48.9 Å². The lowest BCUT2D eigenvalue weighted by atomic mass is 9.89. The highest BCUT2D eigenvalue weighted by molar-refractivity contribution is 6.04. The van der Waals surface area contributed by atoms with Gasteiger partial charge in [0.25, 0.3) is 11.6 Å². The van der Waals surface area contributed by atoms with Gasteiger partial charge in [0.05, 0.1) is 4.92 Å². The summed E-state index contributed by atoms with van der Waals surface area (Å²) >= 11 is 0. The number of anilines is 1. The highest BCUT2D eigenvalue weighted by Crippen LogP contribution is 2.24. The minimum Gasteiger partial charge on any atom is -0.334 e. The second kappa shape index (κ2) is 9.49. The van der Waals surface area contributed by atoms with E-state index < -0.39 is 4.92 Å². The summed E-state index contributed by atoms with van der Waals surface area (Å²) in [6.07, 6.45) is 3.97. The van der Waals surface area contributed by atoms with Crippen LogP contribution in [0.5, 0.6) is 0 Å². The lowest BCUT2D eigenvalue weighted by molar-refractivity contribution is -0.384. The molecular formula is C22H26N4O4. The summed E-state index contributed by atoms with van der Waals surface area (Å²) in [4.78, 5) is 36.8. The highest BCUT2D eigenvalue weighted by atomic mass is 16.6. The molecule has 1 fully saturated rings. The third-order valence-electron chi connectivity index (χ3n) is 5.46. The Bertz CT molecular complexity index is 929. The number of benzene rings is 2. The molecule has 0 saturated heterocycles. The largest absolute Gasteiger partial charge is 0.334 e. The molecule has 2 unspecified atom stereocenters. The molecule has 2 aromatic carbocycles. The Morgan fingerprint density at radius 1 is 1.17 bits per heavy atom. The monoisotopic (exact) mass is 410 g/mol. The van der Waals surface area contributed by atoms with Crippen molar-refractivity contribution < 1.29 is 14.5 Å². The molecule has 2 amide bonds. The van der Waals surface area contributed by atoms with Crippen molar-refractivity contribution in [1.29, 1.82) is 0 Å². The van der Waals surface area contributed by atoms with Gasteiger partial charge >= 0.3 is 0 Å². The Morgan fingerprint density at radius 2 is 1.87 bits per heavy atom. The first-order valence-electron chi connectivity index (χ1n) is 10.0. The lowest BCUT2D eigenvalue weighted by Crippen LogP contribution is -2.50. The summed E-state index contributed by atoms with van der Waals surface area (Å²) in [6.45, 7) is 1.98. The van der Waals surface area contributed by atoms with E-state index in [1.807, 2.05) is 23.1 Å². The van der Waals surface area contributed by atoms with Crippen molar-refractivity contribution in [2.45, 2.75) is 51.2 Å². The average molecular weight is 410 g/mol. The molecule has 1 saturated carbocycles. The van der Waals surface area contributed by atoms with Crippen molar-refractivity contribution in [3.8, 4) is 0 Å². The van der Waals surface area contributed by atoms with E-state index in [2.05, 4.69) is 5.32 Å². The minimum atomic E-state index is -0.510. The van der Waals surface area contributed by atoms with Crippen molar-refractivity contribution in [3.05, 3.63) is 69.8 Å². The van der Waals surface area contributed by atoms with Gasteiger partial charge in [-0.05, 0) is 42.7 Å². The number of rotatable bonds is 6. The quantitative estimate of drug-likeness (QED) is 0.558. The number of nitro groups is 1. The van der Waals surface area contributed by atoms with Crippen LogP contribution in [-0.4, -0.2) is 33.7 Å². The first-order valence-corrected chi connectivity index (χ1v) is 10.0. The van der Waals surface area contributed by atoms with Crippen LogP contribution in [0.4, 0.5) is 11.4 Å². The van der Waals surface area contributed by atoms with E-state index in [4.69, 9.17) is 5.73 Å². The highest BCUT2D eigenvalue weighted by Gasteiger charge is 2.29. The maximum absolute atomic E-state index is 12.5. The molecule has 0 bridgehead atoms. The molecule has 8 nitrogen and oxygen atoms in total. The summed E-state index contributed by atoms with van der Waals surface area (Å²) in [5, 5.41) is 13.6. The number of non-ortho nitro benzene ring substituents is 1. The van der Waals surface area contributed by atoms with E-state index >= 15 is 0 Å². The van der Waals surface area contributed by atoms with Crippen LogP contribution in [0.25, 0.3) is 0 Å². The molecule has 30 heavy (non-hydrogen) atoms. The molecule has 3 rings (SSSR count). The third kappa shape index (κ3) is 5.21. The molecule has 0 heterocycles. The summed E-state index contributed by atoms with van der Waals surface area (Å²) in [6, 6.07) is 12.7. The molecule has 1 aliphatic rings. The normalized spacial score (nSPS) is 18.5. The van der Waals surface area contributed by atoms with Crippen LogP contribution in [-0.2, 0) is 11.3 Å². The van der Waals surface area contributed by atoms with Gasteiger partial charge < -0.3 is 16.0 Å². The Morgan fingerprint density at radius 3 is 2.50 bits per heavy atom. The summed E-state index contributed by atoms with van der Waals surface area (Å²) in [7, 11) is 0. The van der Waals surface area contributed by atoms with E-state index in [-0.39, 0.29) is 29.6 Å². The van der Waals surface area contributed by atoms with E-state index in [0.29, 0.717) is 17.8 Å². The van der Waals surface area contributed by atoms with Gasteiger partial charge in [0.1, 0.15) is 0 Å². The van der Waals surface area contributed by atoms with Crippen LogP contribution >= 0.6 is 0 Å².